The number of benzene rings is 1. The molecular weight excluding hydrogens is 292 g/mol. The number of alkyl halides is 1. The number of nitrogens with zero attached hydrogens (tertiary/aromatic N) is 1. The van der Waals surface area contributed by atoms with Crippen molar-refractivity contribution in [2.75, 3.05) is 13.7 Å². The molecule has 0 radical (unpaired) electrons. The number of halogens is 2. The van der Waals surface area contributed by atoms with Gasteiger partial charge in [-0.3, -0.25) is 4.79 Å². The summed E-state index contributed by atoms with van der Waals surface area (Å²) >= 11 is 0. The van der Waals surface area contributed by atoms with Gasteiger partial charge in [0.15, 0.2) is 0 Å². The molecule has 110 valence electrons. The fourth-order valence-electron chi connectivity index (χ4n) is 2.11. The van der Waals surface area contributed by atoms with Crippen molar-refractivity contribution >= 4 is 16.0 Å². The van der Waals surface area contributed by atoms with Gasteiger partial charge < -0.3 is 4.74 Å². The fourth-order valence-corrected chi connectivity index (χ4v) is 3.73. The molecule has 0 spiro atoms. The zero-order chi connectivity index (χ0) is 14.9. The molecule has 0 bridgehead atoms. The SMILES string of the molecule is COC(=O)[C@@H]1C[C@@H](F)CN1S(=O)(=O)c1ccc(F)cc1. The Kier molecular flexibility index (Phi) is 4.05. The van der Waals surface area contributed by atoms with Crippen molar-refractivity contribution in [1.29, 1.82) is 0 Å². The second kappa shape index (κ2) is 5.45. The summed E-state index contributed by atoms with van der Waals surface area (Å²) in [5.41, 5.74) is 0. The van der Waals surface area contributed by atoms with Crippen LogP contribution in [0.1, 0.15) is 6.42 Å². The molecule has 20 heavy (non-hydrogen) atoms. The van der Waals surface area contributed by atoms with E-state index in [0.717, 1.165) is 35.7 Å². The molecule has 2 atom stereocenters. The predicted octanol–water partition coefficient (Wildman–Crippen LogP) is 1.10. The van der Waals surface area contributed by atoms with Crippen LogP contribution in [0, 0.1) is 5.82 Å². The second-order valence-corrected chi connectivity index (χ2v) is 6.29. The molecule has 0 aromatic heterocycles. The lowest BCUT2D eigenvalue weighted by atomic mass is 10.2. The third kappa shape index (κ3) is 2.66. The van der Waals surface area contributed by atoms with Gasteiger partial charge in [0.25, 0.3) is 0 Å². The lowest BCUT2D eigenvalue weighted by Crippen LogP contribution is -2.41. The van der Waals surface area contributed by atoms with Crippen molar-refractivity contribution in [3.05, 3.63) is 30.1 Å². The molecule has 1 heterocycles. The largest absolute Gasteiger partial charge is 0.468 e. The molecule has 8 heteroatoms. The van der Waals surface area contributed by atoms with Crippen LogP contribution in [0.2, 0.25) is 0 Å². The van der Waals surface area contributed by atoms with Crippen molar-refractivity contribution < 1.29 is 26.7 Å². The molecule has 2 rings (SSSR count). The van der Waals surface area contributed by atoms with Gasteiger partial charge in [-0.05, 0) is 24.3 Å². The average Bonchev–Trinajstić information content (AvgIpc) is 2.81. The van der Waals surface area contributed by atoms with Crippen LogP contribution in [0.4, 0.5) is 8.78 Å². The Morgan fingerprint density at radius 1 is 1.35 bits per heavy atom. The van der Waals surface area contributed by atoms with Gasteiger partial charge in [-0.1, -0.05) is 0 Å². The molecule has 0 saturated carbocycles. The molecular formula is C12H13F2NO4S. The summed E-state index contributed by atoms with van der Waals surface area (Å²) in [5, 5.41) is 0. The first-order valence-electron chi connectivity index (χ1n) is 5.85. The Balaban J connectivity index is 2.37. The molecule has 1 aliphatic heterocycles. The summed E-state index contributed by atoms with van der Waals surface area (Å²) in [6, 6.07) is 2.94. The Labute approximate surface area is 115 Å². The molecule has 1 saturated heterocycles. The summed E-state index contributed by atoms with van der Waals surface area (Å²) in [5.74, 6) is -1.39. The second-order valence-electron chi connectivity index (χ2n) is 4.40. The predicted molar refractivity (Wildman–Crippen MR) is 65.6 cm³/mol. The van der Waals surface area contributed by atoms with Crippen LogP contribution in [0.3, 0.4) is 0 Å². The lowest BCUT2D eigenvalue weighted by Gasteiger charge is -2.21. The van der Waals surface area contributed by atoms with Gasteiger partial charge in [-0.25, -0.2) is 17.2 Å². The van der Waals surface area contributed by atoms with Crippen LogP contribution < -0.4 is 0 Å². The van der Waals surface area contributed by atoms with Gasteiger partial charge >= 0.3 is 5.97 Å². The zero-order valence-corrected chi connectivity index (χ0v) is 11.4. The van der Waals surface area contributed by atoms with Gasteiger partial charge in [0, 0.05) is 13.0 Å². The van der Waals surface area contributed by atoms with Crippen LogP contribution >= 0.6 is 0 Å². The van der Waals surface area contributed by atoms with Crippen molar-refractivity contribution in [3.8, 4) is 0 Å². The summed E-state index contributed by atoms with van der Waals surface area (Å²) in [6.07, 6.45) is -1.68. The average molecular weight is 305 g/mol. The normalized spacial score (nSPS) is 23.8. The molecule has 1 aromatic rings. The molecule has 1 fully saturated rings. The smallest absolute Gasteiger partial charge is 0.324 e. The molecule has 5 nitrogen and oxygen atoms in total. The maximum atomic E-state index is 13.5. The molecule has 0 amide bonds. The lowest BCUT2D eigenvalue weighted by molar-refractivity contribution is -0.144. The quantitative estimate of drug-likeness (QED) is 0.785. The highest BCUT2D eigenvalue weighted by atomic mass is 32.2. The van der Waals surface area contributed by atoms with E-state index in [1.807, 2.05) is 0 Å². The summed E-state index contributed by atoms with van der Waals surface area (Å²) in [7, 11) is -2.96. The van der Waals surface area contributed by atoms with E-state index in [9.17, 15) is 22.0 Å². The molecule has 1 aromatic carbocycles. The van der Waals surface area contributed by atoms with Crippen molar-refractivity contribution in [1.82, 2.24) is 4.31 Å². The minimum absolute atomic E-state index is 0.193. The topological polar surface area (TPSA) is 63.7 Å². The zero-order valence-electron chi connectivity index (χ0n) is 10.6. The molecule has 0 N–H and O–H groups in total. The van der Waals surface area contributed by atoms with Gasteiger partial charge in [-0.15, -0.1) is 0 Å². The van der Waals surface area contributed by atoms with Gasteiger partial charge in [0.2, 0.25) is 10.0 Å². The monoisotopic (exact) mass is 305 g/mol. The maximum Gasteiger partial charge on any atom is 0.324 e. The molecule has 0 aliphatic carbocycles. The van der Waals surface area contributed by atoms with Crippen LogP contribution in [0.15, 0.2) is 29.2 Å². The van der Waals surface area contributed by atoms with Gasteiger partial charge in [-0.2, -0.15) is 4.31 Å². The van der Waals surface area contributed by atoms with E-state index >= 15 is 0 Å². The number of carbonyl (C=O) groups is 1. The number of sulfonamides is 1. The number of hydrogen-bond acceptors (Lipinski definition) is 4. The number of rotatable bonds is 3. The summed E-state index contributed by atoms with van der Waals surface area (Å²) < 4.78 is 56.2. The minimum Gasteiger partial charge on any atom is -0.468 e. The van der Waals surface area contributed by atoms with Crippen LogP contribution in [-0.4, -0.2) is 44.6 Å². The first-order chi connectivity index (χ1) is 9.36. The number of hydrogen-bond donors (Lipinski definition) is 0. The van der Waals surface area contributed by atoms with Crippen molar-refractivity contribution in [2.45, 2.75) is 23.5 Å². The highest BCUT2D eigenvalue weighted by Crippen LogP contribution is 2.28. The fraction of sp³-hybridized carbons (Fsp3) is 0.417. The van der Waals surface area contributed by atoms with Crippen molar-refractivity contribution in [3.63, 3.8) is 0 Å². The number of carbonyl (C=O) groups excluding carboxylic acids is 1. The van der Waals surface area contributed by atoms with E-state index in [0.29, 0.717) is 0 Å². The molecule has 0 unspecified atom stereocenters. The summed E-state index contributed by atoms with van der Waals surface area (Å²) in [4.78, 5) is 11.4. The van der Waals surface area contributed by atoms with Gasteiger partial charge in [0.1, 0.15) is 18.0 Å². The Bertz CT molecular complexity index is 602. The van der Waals surface area contributed by atoms with Crippen LogP contribution in [0.25, 0.3) is 0 Å². The van der Waals surface area contributed by atoms with Crippen molar-refractivity contribution in [2.24, 2.45) is 0 Å². The van der Waals surface area contributed by atoms with E-state index in [4.69, 9.17) is 0 Å². The van der Waals surface area contributed by atoms with E-state index < -0.39 is 40.6 Å². The third-order valence-corrected chi connectivity index (χ3v) is 4.99. The highest BCUT2D eigenvalue weighted by Gasteiger charge is 2.44. The number of esters is 1. The van der Waals surface area contributed by atoms with Crippen LogP contribution in [-0.2, 0) is 19.6 Å². The Hall–Kier alpha value is -1.54. The number of methoxy groups -OCH3 is 1. The Morgan fingerprint density at radius 3 is 2.50 bits per heavy atom. The first kappa shape index (κ1) is 14.9. The minimum atomic E-state index is -4.07. The van der Waals surface area contributed by atoms with E-state index in [-0.39, 0.29) is 11.3 Å². The first-order valence-corrected chi connectivity index (χ1v) is 7.29. The molecule has 1 aliphatic rings. The van der Waals surface area contributed by atoms with E-state index in [1.165, 1.54) is 0 Å². The van der Waals surface area contributed by atoms with Crippen LogP contribution in [0.5, 0.6) is 0 Å². The maximum absolute atomic E-state index is 13.5. The summed E-state index contributed by atoms with van der Waals surface area (Å²) in [6.45, 7) is -0.417. The van der Waals surface area contributed by atoms with E-state index in [2.05, 4.69) is 4.74 Å². The van der Waals surface area contributed by atoms with E-state index in [1.54, 1.807) is 0 Å². The standard InChI is InChI=1S/C12H13F2NO4S/c1-19-12(16)11-6-9(14)7-15(11)20(17,18)10-4-2-8(13)3-5-10/h2-5,9,11H,6-7H2,1H3/t9-,11+/m1/s1. The third-order valence-electron chi connectivity index (χ3n) is 3.10. The van der Waals surface area contributed by atoms with Gasteiger partial charge in [0.05, 0.1) is 12.0 Å². The highest BCUT2D eigenvalue weighted by molar-refractivity contribution is 7.89. The Morgan fingerprint density at radius 2 is 1.95 bits per heavy atom. The number of ether oxygens (including phenoxy) is 1.